The molecule has 0 aliphatic carbocycles. The molecular weight excluding hydrogens is 418 g/mol. The van der Waals surface area contributed by atoms with E-state index < -0.39 is 10.0 Å². The van der Waals surface area contributed by atoms with Gasteiger partial charge in [0.05, 0.1) is 15.1 Å². The molecule has 1 heterocycles. The molecule has 8 heteroatoms. The molecule has 0 fully saturated rings. The number of carbonyl (C=O) groups is 1. The highest BCUT2D eigenvalue weighted by atomic mass is 32.2. The van der Waals surface area contributed by atoms with Crippen molar-refractivity contribution in [3.8, 4) is 0 Å². The maximum Gasteiger partial charge on any atom is 0.257 e. The van der Waals surface area contributed by atoms with E-state index in [1.165, 1.54) is 11.3 Å². The Morgan fingerprint density at radius 3 is 2.27 bits per heavy atom. The third-order valence-electron chi connectivity index (χ3n) is 4.39. The van der Waals surface area contributed by atoms with Gasteiger partial charge in [0.1, 0.15) is 0 Å². The zero-order valence-electron chi connectivity index (χ0n) is 17.6. The van der Waals surface area contributed by atoms with Crippen LogP contribution in [0.15, 0.2) is 53.4 Å². The van der Waals surface area contributed by atoms with Gasteiger partial charge in [0.2, 0.25) is 10.0 Å². The lowest BCUT2D eigenvalue weighted by molar-refractivity contribution is 0.102. The zero-order chi connectivity index (χ0) is 21.9. The van der Waals surface area contributed by atoms with Crippen LogP contribution in [-0.2, 0) is 10.0 Å². The lowest BCUT2D eigenvalue weighted by Gasteiger charge is -2.25. The van der Waals surface area contributed by atoms with Crippen molar-refractivity contribution in [2.45, 2.75) is 32.6 Å². The second kappa shape index (κ2) is 9.24. The second-order valence-corrected chi connectivity index (χ2v) is 11.0. The van der Waals surface area contributed by atoms with E-state index in [1.807, 2.05) is 33.8 Å². The monoisotopic (exact) mass is 445 g/mol. The fourth-order valence-electron chi connectivity index (χ4n) is 3.11. The van der Waals surface area contributed by atoms with Crippen LogP contribution in [0.25, 0.3) is 10.2 Å². The number of aromatic nitrogens is 1. The topological polar surface area (TPSA) is 79.4 Å². The number of anilines is 1. The van der Waals surface area contributed by atoms with Gasteiger partial charge in [-0.25, -0.2) is 13.4 Å². The molecule has 0 radical (unpaired) electrons. The first-order valence-electron chi connectivity index (χ1n) is 9.94. The number of rotatable bonds is 8. The quantitative estimate of drug-likeness (QED) is 0.537. The Labute approximate surface area is 182 Å². The Kier molecular flexibility index (Phi) is 6.90. The molecule has 160 valence electrons. The zero-order valence-corrected chi connectivity index (χ0v) is 19.3. The van der Waals surface area contributed by atoms with Gasteiger partial charge in [-0.15, -0.1) is 0 Å². The molecule has 3 aromatic rings. The summed E-state index contributed by atoms with van der Waals surface area (Å²) in [5, 5.41) is 3.23. The molecule has 2 aromatic carbocycles. The molecule has 0 saturated heterocycles. The predicted octanol–water partition coefficient (Wildman–Crippen LogP) is 4.85. The molecule has 1 aromatic heterocycles. The van der Waals surface area contributed by atoms with Crippen LogP contribution < -0.4 is 5.32 Å². The van der Waals surface area contributed by atoms with Crippen molar-refractivity contribution in [2.24, 2.45) is 11.8 Å². The van der Waals surface area contributed by atoms with Gasteiger partial charge in [0.25, 0.3) is 5.91 Å². The number of carbonyl (C=O) groups excluding carboxylic acids is 1. The number of nitrogens with one attached hydrogen (secondary N) is 1. The highest BCUT2D eigenvalue weighted by Crippen LogP contribution is 2.30. The van der Waals surface area contributed by atoms with E-state index in [0.717, 1.165) is 0 Å². The molecule has 30 heavy (non-hydrogen) atoms. The van der Waals surface area contributed by atoms with Gasteiger partial charge in [-0.2, -0.15) is 4.31 Å². The largest absolute Gasteiger partial charge is 0.298 e. The molecular formula is C22H27N3O3S2. The van der Waals surface area contributed by atoms with Crippen molar-refractivity contribution in [1.82, 2.24) is 9.29 Å². The molecule has 0 bridgehead atoms. The second-order valence-electron chi connectivity index (χ2n) is 8.08. The van der Waals surface area contributed by atoms with Gasteiger partial charge in [-0.05, 0) is 42.2 Å². The summed E-state index contributed by atoms with van der Waals surface area (Å²) in [7, 11) is -3.61. The van der Waals surface area contributed by atoms with Gasteiger partial charge >= 0.3 is 0 Å². The average Bonchev–Trinajstić information content (AvgIpc) is 3.08. The summed E-state index contributed by atoms with van der Waals surface area (Å²) in [4.78, 5) is 17.0. The summed E-state index contributed by atoms with van der Waals surface area (Å²) in [6.07, 6.45) is 0. The van der Waals surface area contributed by atoms with E-state index in [-0.39, 0.29) is 22.6 Å². The Morgan fingerprint density at radius 1 is 1.03 bits per heavy atom. The number of amides is 1. The number of nitrogens with zero attached hydrogens (tertiary/aromatic N) is 2. The summed E-state index contributed by atoms with van der Waals surface area (Å²) in [6, 6.07) is 13.8. The Balaban J connectivity index is 1.88. The maximum atomic E-state index is 13.3. The van der Waals surface area contributed by atoms with Gasteiger partial charge in [0.15, 0.2) is 5.13 Å². The third-order valence-corrected chi connectivity index (χ3v) is 7.15. The van der Waals surface area contributed by atoms with Crippen molar-refractivity contribution >= 4 is 42.6 Å². The van der Waals surface area contributed by atoms with Crippen LogP contribution in [0.1, 0.15) is 38.1 Å². The smallest absolute Gasteiger partial charge is 0.257 e. The molecule has 0 aliphatic rings. The van der Waals surface area contributed by atoms with E-state index in [4.69, 9.17) is 0 Å². The maximum absolute atomic E-state index is 13.3. The fraction of sp³-hybridized carbons (Fsp3) is 0.364. The first kappa shape index (κ1) is 22.4. The minimum atomic E-state index is -3.61. The number of thiazole rings is 1. The van der Waals surface area contributed by atoms with Gasteiger partial charge in [-0.3, -0.25) is 10.1 Å². The van der Waals surface area contributed by atoms with Crippen molar-refractivity contribution in [2.75, 3.05) is 18.4 Å². The molecule has 0 atom stereocenters. The Hall–Kier alpha value is -2.29. The average molecular weight is 446 g/mol. The summed E-state index contributed by atoms with van der Waals surface area (Å²) in [6.45, 7) is 8.99. The molecule has 0 spiro atoms. The standard InChI is InChI=1S/C22H27N3O3S2/c1-15(2)13-25(14-16(3)4)30(27,28)18-10-11-19-20(12-18)29-22(23-19)24-21(26)17-8-6-5-7-9-17/h5-12,15-16H,13-14H2,1-4H3,(H,23,24,26). The van der Waals surface area contributed by atoms with Gasteiger partial charge in [-0.1, -0.05) is 57.2 Å². The SMILES string of the molecule is CC(C)CN(CC(C)C)S(=O)(=O)c1ccc2nc(NC(=O)c3ccccc3)sc2c1. The predicted molar refractivity (Wildman–Crippen MR) is 122 cm³/mol. The van der Waals surface area contributed by atoms with Crippen molar-refractivity contribution < 1.29 is 13.2 Å². The molecule has 0 unspecified atom stereocenters. The van der Waals surface area contributed by atoms with Crippen LogP contribution in [0.3, 0.4) is 0 Å². The third kappa shape index (κ3) is 5.24. The van der Waals surface area contributed by atoms with E-state index in [1.54, 1.807) is 46.8 Å². The van der Waals surface area contributed by atoms with Crippen LogP contribution in [0.5, 0.6) is 0 Å². The van der Waals surface area contributed by atoms with Crippen LogP contribution >= 0.6 is 11.3 Å². The minimum Gasteiger partial charge on any atom is -0.298 e. The van der Waals surface area contributed by atoms with Crippen molar-refractivity contribution in [3.63, 3.8) is 0 Å². The number of benzene rings is 2. The molecule has 0 aliphatic heterocycles. The van der Waals surface area contributed by atoms with E-state index in [2.05, 4.69) is 10.3 Å². The van der Waals surface area contributed by atoms with Crippen molar-refractivity contribution in [3.05, 3.63) is 54.1 Å². The number of hydrogen-bond acceptors (Lipinski definition) is 5. The lowest BCUT2D eigenvalue weighted by atomic mass is 10.2. The molecule has 6 nitrogen and oxygen atoms in total. The molecule has 1 amide bonds. The minimum absolute atomic E-state index is 0.227. The lowest BCUT2D eigenvalue weighted by Crippen LogP contribution is -2.37. The molecule has 3 rings (SSSR count). The summed E-state index contributed by atoms with van der Waals surface area (Å²) < 4.78 is 28.8. The first-order chi connectivity index (χ1) is 14.2. The van der Waals surface area contributed by atoms with Crippen LogP contribution in [0.4, 0.5) is 5.13 Å². The normalized spacial score (nSPS) is 12.2. The van der Waals surface area contributed by atoms with Gasteiger partial charge in [0, 0.05) is 18.7 Å². The van der Waals surface area contributed by atoms with Crippen LogP contribution in [0.2, 0.25) is 0 Å². The highest BCUT2D eigenvalue weighted by Gasteiger charge is 2.26. The Morgan fingerprint density at radius 2 is 1.67 bits per heavy atom. The van der Waals surface area contributed by atoms with Gasteiger partial charge < -0.3 is 0 Å². The van der Waals surface area contributed by atoms with Crippen LogP contribution in [-0.4, -0.2) is 36.7 Å². The van der Waals surface area contributed by atoms with E-state index >= 15 is 0 Å². The van der Waals surface area contributed by atoms with E-state index in [0.29, 0.717) is 34.0 Å². The highest BCUT2D eigenvalue weighted by molar-refractivity contribution is 7.89. The number of sulfonamides is 1. The Bertz CT molecular complexity index is 1110. The molecule has 1 N–H and O–H groups in total. The fourth-order valence-corrected chi connectivity index (χ4v) is 5.88. The summed E-state index contributed by atoms with van der Waals surface area (Å²) >= 11 is 1.26. The number of fused-ring (bicyclic) bond motifs is 1. The first-order valence-corrected chi connectivity index (χ1v) is 12.2. The van der Waals surface area contributed by atoms with Crippen molar-refractivity contribution in [1.29, 1.82) is 0 Å². The van der Waals surface area contributed by atoms with E-state index in [9.17, 15) is 13.2 Å². The number of hydrogen-bond donors (Lipinski definition) is 1. The summed E-state index contributed by atoms with van der Waals surface area (Å²) in [5.41, 5.74) is 1.19. The molecule has 0 saturated carbocycles. The van der Waals surface area contributed by atoms with Crippen LogP contribution in [0, 0.1) is 11.8 Å². The summed E-state index contributed by atoms with van der Waals surface area (Å²) in [5.74, 6) is 0.207.